The van der Waals surface area contributed by atoms with E-state index in [-0.39, 0.29) is 11.8 Å². The van der Waals surface area contributed by atoms with Gasteiger partial charge in [0.1, 0.15) is 5.82 Å². The molecule has 1 aliphatic heterocycles. The average Bonchev–Trinajstić information content (AvgIpc) is 2.27. The number of piperidine rings is 1. The smallest absolute Gasteiger partial charge is 0.235 e. The highest BCUT2D eigenvalue weighted by molar-refractivity contribution is 7.92. The predicted molar refractivity (Wildman–Crippen MR) is 76.8 cm³/mol. The molecule has 1 aliphatic rings. The normalized spacial score (nSPS) is 20.2. The van der Waals surface area contributed by atoms with E-state index in [2.05, 4.69) is 15.0 Å². The van der Waals surface area contributed by atoms with Gasteiger partial charge < -0.3 is 5.32 Å². The van der Waals surface area contributed by atoms with Gasteiger partial charge in [-0.15, -0.1) is 0 Å². The summed E-state index contributed by atoms with van der Waals surface area (Å²) in [6.07, 6.45) is 3.14. The van der Waals surface area contributed by atoms with Crippen LogP contribution in [-0.2, 0) is 10.0 Å². The van der Waals surface area contributed by atoms with Crippen LogP contribution in [0.4, 0.5) is 5.82 Å². The van der Waals surface area contributed by atoms with Crippen molar-refractivity contribution in [3.05, 3.63) is 23.4 Å². The Bertz CT molecular complexity index is 517. The number of aromatic nitrogens is 1. The number of pyridine rings is 1. The molecule has 1 unspecified atom stereocenters. The Hall–Kier alpha value is -1.14. The first kappa shape index (κ1) is 14.3. The third-order valence-corrected chi connectivity index (χ3v) is 4.55. The molecule has 6 heteroatoms. The maximum Gasteiger partial charge on any atom is 0.235 e. The van der Waals surface area contributed by atoms with Crippen LogP contribution >= 0.6 is 0 Å². The van der Waals surface area contributed by atoms with Crippen LogP contribution < -0.4 is 10.0 Å². The Morgan fingerprint density at radius 3 is 2.79 bits per heavy atom. The summed E-state index contributed by atoms with van der Waals surface area (Å²) in [7, 11) is -3.34. The predicted octanol–water partition coefficient (Wildman–Crippen LogP) is 1.58. The lowest BCUT2D eigenvalue weighted by molar-refractivity contribution is 0.424. The van der Waals surface area contributed by atoms with Crippen LogP contribution in [0.3, 0.4) is 0 Å². The molecule has 1 aromatic heterocycles. The fourth-order valence-electron chi connectivity index (χ4n) is 2.43. The van der Waals surface area contributed by atoms with E-state index in [1.807, 2.05) is 19.9 Å². The first-order chi connectivity index (χ1) is 8.94. The molecule has 0 radical (unpaired) electrons. The van der Waals surface area contributed by atoms with E-state index in [4.69, 9.17) is 0 Å². The van der Waals surface area contributed by atoms with Crippen LogP contribution in [0.1, 0.15) is 30.5 Å². The van der Waals surface area contributed by atoms with Gasteiger partial charge in [-0.25, -0.2) is 13.4 Å². The molecular formula is C13H21N3O2S. The third-order valence-electron chi connectivity index (χ3n) is 3.19. The minimum absolute atomic E-state index is 0.0529. The molecule has 2 rings (SSSR count). The molecule has 5 nitrogen and oxygen atoms in total. The number of nitrogens with zero attached hydrogens (tertiary/aromatic N) is 1. The molecule has 1 saturated heterocycles. The van der Waals surface area contributed by atoms with E-state index in [0.717, 1.165) is 37.1 Å². The summed E-state index contributed by atoms with van der Waals surface area (Å²) < 4.78 is 26.8. The van der Waals surface area contributed by atoms with E-state index < -0.39 is 10.0 Å². The fraction of sp³-hybridized carbons (Fsp3) is 0.615. The van der Waals surface area contributed by atoms with Gasteiger partial charge in [0, 0.05) is 11.7 Å². The SMILES string of the molecule is Cc1cc(C)nc(NS(=O)(=O)CC2CCCCN2)c1. The van der Waals surface area contributed by atoms with Crippen LogP contribution in [-0.4, -0.2) is 31.7 Å². The van der Waals surface area contributed by atoms with Crippen molar-refractivity contribution in [3.8, 4) is 0 Å². The molecule has 0 aromatic carbocycles. The lowest BCUT2D eigenvalue weighted by Crippen LogP contribution is -2.40. The summed E-state index contributed by atoms with van der Waals surface area (Å²) in [5, 5.41) is 3.24. The molecule has 0 saturated carbocycles. The monoisotopic (exact) mass is 283 g/mol. The van der Waals surface area contributed by atoms with Crippen molar-refractivity contribution in [3.63, 3.8) is 0 Å². The molecule has 2 N–H and O–H groups in total. The van der Waals surface area contributed by atoms with Crippen LogP contribution in [0.2, 0.25) is 0 Å². The van der Waals surface area contributed by atoms with Gasteiger partial charge in [-0.2, -0.15) is 0 Å². The van der Waals surface area contributed by atoms with Gasteiger partial charge in [0.2, 0.25) is 10.0 Å². The highest BCUT2D eigenvalue weighted by Crippen LogP contribution is 2.13. The summed E-state index contributed by atoms with van der Waals surface area (Å²) in [4.78, 5) is 4.20. The summed E-state index contributed by atoms with van der Waals surface area (Å²) in [5.74, 6) is 0.523. The van der Waals surface area contributed by atoms with Crippen LogP contribution in [0.15, 0.2) is 12.1 Å². The zero-order chi connectivity index (χ0) is 13.9. The van der Waals surface area contributed by atoms with Gasteiger partial charge in [-0.3, -0.25) is 4.72 Å². The number of rotatable bonds is 4. The molecule has 2 heterocycles. The van der Waals surface area contributed by atoms with Gasteiger partial charge in [-0.1, -0.05) is 6.42 Å². The Morgan fingerprint density at radius 2 is 2.16 bits per heavy atom. The third kappa shape index (κ3) is 4.47. The Kier molecular flexibility index (Phi) is 4.42. The Morgan fingerprint density at radius 1 is 1.37 bits per heavy atom. The maximum absolute atomic E-state index is 12.1. The molecule has 0 spiro atoms. The lowest BCUT2D eigenvalue weighted by Gasteiger charge is -2.23. The van der Waals surface area contributed by atoms with Gasteiger partial charge in [0.15, 0.2) is 0 Å². The second-order valence-corrected chi connectivity index (χ2v) is 6.97. The minimum atomic E-state index is -3.34. The molecule has 0 amide bonds. The number of hydrogen-bond acceptors (Lipinski definition) is 4. The van der Waals surface area contributed by atoms with Crippen LogP contribution in [0.5, 0.6) is 0 Å². The largest absolute Gasteiger partial charge is 0.313 e. The van der Waals surface area contributed by atoms with Gasteiger partial charge in [0.05, 0.1) is 5.75 Å². The number of hydrogen-bond donors (Lipinski definition) is 2. The second kappa shape index (κ2) is 5.88. The van der Waals surface area contributed by atoms with Crippen molar-refractivity contribution in [2.75, 3.05) is 17.0 Å². The molecule has 19 heavy (non-hydrogen) atoms. The maximum atomic E-state index is 12.1. The molecule has 106 valence electrons. The van der Waals surface area contributed by atoms with E-state index in [0.29, 0.717) is 5.82 Å². The first-order valence-corrected chi connectivity index (χ1v) is 8.29. The van der Waals surface area contributed by atoms with Crippen molar-refractivity contribution in [2.45, 2.75) is 39.2 Å². The highest BCUT2D eigenvalue weighted by Gasteiger charge is 2.21. The Labute approximate surface area is 114 Å². The number of nitrogens with one attached hydrogen (secondary N) is 2. The molecule has 0 aliphatic carbocycles. The molecule has 1 atom stereocenters. The first-order valence-electron chi connectivity index (χ1n) is 6.64. The zero-order valence-electron chi connectivity index (χ0n) is 11.4. The quantitative estimate of drug-likeness (QED) is 0.880. The molecule has 0 bridgehead atoms. The molecule has 1 fully saturated rings. The standard InChI is InChI=1S/C13H21N3O2S/c1-10-7-11(2)15-13(8-10)16-19(17,18)9-12-5-3-4-6-14-12/h7-8,12,14H,3-6,9H2,1-2H3,(H,15,16). The van der Waals surface area contributed by atoms with Crippen molar-refractivity contribution < 1.29 is 8.42 Å². The molecule has 1 aromatic rings. The lowest BCUT2D eigenvalue weighted by atomic mass is 10.1. The van der Waals surface area contributed by atoms with Crippen LogP contribution in [0, 0.1) is 13.8 Å². The number of sulfonamides is 1. The van der Waals surface area contributed by atoms with Gasteiger partial charge in [0.25, 0.3) is 0 Å². The minimum Gasteiger partial charge on any atom is -0.313 e. The molecular weight excluding hydrogens is 262 g/mol. The van der Waals surface area contributed by atoms with Crippen LogP contribution in [0.25, 0.3) is 0 Å². The summed E-state index contributed by atoms with van der Waals surface area (Å²) in [6.45, 7) is 4.69. The van der Waals surface area contributed by atoms with Crippen molar-refractivity contribution in [2.24, 2.45) is 0 Å². The van der Waals surface area contributed by atoms with E-state index >= 15 is 0 Å². The van der Waals surface area contributed by atoms with Gasteiger partial charge >= 0.3 is 0 Å². The summed E-state index contributed by atoms with van der Waals surface area (Å²) >= 11 is 0. The van der Waals surface area contributed by atoms with E-state index in [9.17, 15) is 8.42 Å². The van der Waals surface area contributed by atoms with E-state index in [1.54, 1.807) is 6.07 Å². The zero-order valence-corrected chi connectivity index (χ0v) is 12.3. The van der Waals surface area contributed by atoms with Crippen molar-refractivity contribution >= 4 is 15.8 Å². The fourth-order valence-corrected chi connectivity index (χ4v) is 3.75. The topological polar surface area (TPSA) is 71.1 Å². The second-order valence-electron chi connectivity index (χ2n) is 5.20. The summed E-state index contributed by atoms with van der Waals surface area (Å²) in [5.41, 5.74) is 1.81. The number of aryl methyl sites for hydroxylation is 2. The van der Waals surface area contributed by atoms with Crippen molar-refractivity contribution in [1.82, 2.24) is 10.3 Å². The highest BCUT2D eigenvalue weighted by atomic mass is 32.2. The van der Waals surface area contributed by atoms with E-state index in [1.165, 1.54) is 0 Å². The summed E-state index contributed by atoms with van der Waals surface area (Å²) in [6, 6.07) is 3.72. The van der Waals surface area contributed by atoms with Crippen molar-refractivity contribution in [1.29, 1.82) is 0 Å². The Balaban J connectivity index is 2.03. The number of anilines is 1. The van der Waals surface area contributed by atoms with Gasteiger partial charge in [-0.05, 0) is 50.9 Å². The average molecular weight is 283 g/mol.